The molecule has 0 saturated heterocycles. The van der Waals surface area contributed by atoms with Crippen LogP contribution in [0.4, 0.5) is 6.01 Å². The fraction of sp³-hybridized carbons (Fsp3) is 0.0909. The maximum Gasteiger partial charge on any atom is 0.296 e. The standard InChI is InChI=1S/C11H9N3O2/c1-2-4-10-9(3-1)13-11(16-10)12-7-8-5-6-15-14-8/h1-6H,7H2,(H,12,13). The predicted octanol–water partition coefficient (Wildman–Crippen LogP) is 2.43. The van der Waals surface area contributed by atoms with Crippen LogP contribution < -0.4 is 5.32 Å². The van der Waals surface area contributed by atoms with E-state index in [1.807, 2.05) is 24.3 Å². The number of rotatable bonds is 3. The number of nitrogens with one attached hydrogen (secondary N) is 1. The smallest absolute Gasteiger partial charge is 0.296 e. The molecule has 0 aliphatic heterocycles. The second-order valence-electron chi connectivity index (χ2n) is 3.33. The molecule has 3 rings (SSSR count). The van der Waals surface area contributed by atoms with Gasteiger partial charge in [0, 0.05) is 6.07 Å². The number of hydrogen-bond donors (Lipinski definition) is 1. The summed E-state index contributed by atoms with van der Waals surface area (Å²) in [6, 6.07) is 9.89. The van der Waals surface area contributed by atoms with Gasteiger partial charge >= 0.3 is 0 Å². The van der Waals surface area contributed by atoms with Crippen molar-refractivity contribution in [3.05, 3.63) is 42.3 Å². The molecule has 16 heavy (non-hydrogen) atoms. The zero-order valence-electron chi connectivity index (χ0n) is 8.38. The van der Waals surface area contributed by atoms with Gasteiger partial charge in [0.25, 0.3) is 6.01 Å². The van der Waals surface area contributed by atoms with Gasteiger partial charge in [-0.05, 0) is 12.1 Å². The fourth-order valence-corrected chi connectivity index (χ4v) is 1.44. The number of oxazole rings is 1. The molecule has 0 aliphatic carbocycles. The highest BCUT2D eigenvalue weighted by Crippen LogP contribution is 2.18. The molecule has 1 aromatic carbocycles. The Labute approximate surface area is 91.1 Å². The molecule has 0 atom stereocenters. The van der Waals surface area contributed by atoms with Crippen LogP contribution in [0.3, 0.4) is 0 Å². The van der Waals surface area contributed by atoms with Crippen molar-refractivity contribution in [3.8, 4) is 0 Å². The maximum absolute atomic E-state index is 5.49. The van der Waals surface area contributed by atoms with E-state index in [1.54, 1.807) is 6.07 Å². The van der Waals surface area contributed by atoms with Crippen LogP contribution in [-0.2, 0) is 6.54 Å². The second kappa shape index (κ2) is 3.69. The number of para-hydroxylation sites is 2. The summed E-state index contributed by atoms with van der Waals surface area (Å²) in [6.07, 6.45) is 1.53. The van der Waals surface area contributed by atoms with Crippen molar-refractivity contribution in [2.75, 3.05) is 5.32 Å². The molecule has 0 radical (unpaired) electrons. The molecule has 2 aromatic heterocycles. The lowest BCUT2D eigenvalue weighted by atomic mass is 10.3. The van der Waals surface area contributed by atoms with Gasteiger partial charge in [0.2, 0.25) is 0 Å². The van der Waals surface area contributed by atoms with Crippen molar-refractivity contribution in [2.45, 2.75) is 6.54 Å². The van der Waals surface area contributed by atoms with E-state index in [0.29, 0.717) is 12.6 Å². The quantitative estimate of drug-likeness (QED) is 0.726. The summed E-state index contributed by atoms with van der Waals surface area (Å²) in [4.78, 5) is 4.28. The maximum atomic E-state index is 5.49. The third-order valence-electron chi connectivity index (χ3n) is 2.21. The molecular weight excluding hydrogens is 206 g/mol. The first-order valence-electron chi connectivity index (χ1n) is 4.90. The lowest BCUT2D eigenvalue weighted by molar-refractivity contribution is 0.412. The molecule has 0 aliphatic rings. The highest BCUT2D eigenvalue weighted by Gasteiger charge is 2.04. The van der Waals surface area contributed by atoms with Crippen LogP contribution in [0.5, 0.6) is 0 Å². The summed E-state index contributed by atoms with van der Waals surface area (Å²) in [6.45, 7) is 0.531. The van der Waals surface area contributed by atoms with Crippen molar-refractivity contribution < 1.29 is 8.94 Å². The minimum atomic E-state index is 0.490. The minimum absolute atomic E-state index is 0.490. The molecule has 0 spiro atoms. The van der Waals surface area contributed by atoms with Gasteiger partial charge < -0.3 is 14.3 Å². The summed E-state index contributed by atoms with van der Waals surface area (Å²) in [5.74, 6) is 0. The van der Waals surface area contributed by atoms with Gasteiger partial charge in [0.05, 0.1) is 6.54 Å². The molecule has 2 heterocycles. The summed E-state index contributed by atoms with van der Waals surface area (Å²) < 4.78 is 10.2. The van der Waals surface area contributed by atoms with Gasteiger partial charge in [0.1, 0.15) is 17.5 Å². The van der Waals surface area contributed by atoms with Crippen molar-refractivity contribution in [1.29, 1.82) is 0 Å². The van der Waals surface area contributed by atoms with Crippen LogP contribution >= 0.6 is 0 Å². The number of aromatic nitrogens is 2. The van der Waals surface area contributed by atoms with E-state index in [-0.39, 0.29) is 0 Å². The van der Waals surface area contributed by atoms with Crippen molar-refractivity contribution in [2.24, 2.45) is 0 Å². The summed E-state index contributed by atoms with van der Waals surface area (Å²) >= 11 is 0. The second-order valence-corrected chi connectivity index (χ2v) is 3.33. The monoisotopic (exact) mass is 215 g/mol. The SMILES string of the molecule is c1ccc2oc(NCc3ccon3)nc2c1. The average molecular weight is 215 g/mol. The molecule has 80 valence electrons. The van der Waals surface area contributed by atoms with Crippen LogP contribution in [-0.4, -0.2) is 10.1 Å². The van der Waals surface area contributed by atoms with E-state index in [2.05, 4.69) is 15.5 Å². The third kappa shape index (κ3) is 1.63. The van der Waals surface area contributed by atoms with E-state index in [9.17, 15) is 0 Å². The molecule has 0 unspecified atom stereocenters. The minimum Gasteiger partial charge on any atom is -0.424 e. The first-order valence-corrected chi connectivity index (χ1v) is 4.90. The molecule has 5 heteroatoms. The lowest BCUT2D eigenvalue weighted by Gasteiger charge is -1.95. The molecule has 3 aromatic rings. The van der Waals surface area contributed by atoms with E-state index in [1.165, 1.54) is 6.26 Å². The number of hydrogen-bond acceptors (Lipinski definition) is 5. The predicted molar refractivity (Wildman–Crippen MR) is 57.8 cm³/mol. The molecule has 1 N–H and O–H groups in total. The number of nitrogens with zero attached hydrogens (tertiary/aromatic N) is 2. The summed E-state index contributed by atoms with van der Waals surface area (Å²) in [5.41, 5.74) is 2.41. The lowest BCUT2D eigenvalue weighted by Crippen LogP contribution is -1.99. The van der Waals surface area contributed by atoms with Crippen LogP contribution in [0.15, 0.2) is 45.5 Å². The Bertz CT molecular complexity index is 553. The van der Waals surface area contributed by atoms with Crippen molar-refractivity contribution in [3.63, 3.8) is 0 Å². The zero-order valence-corrected chi connectivity index (χ0v) is 8.38. The first kappa shape index (κ1) is 8.96. The molecule has 5 nitrogen and oxygen atoms in total. The first-order chi connectivity index (χ1) is 7.92. The van der Waals surface area contributed by atoms with E-state index in [0.717, 1.165) is 16.8 Å². The summed E-state index contributed by atoms with van der Waals surface area (Å²) in [5, 5.41) is 6.81. The van der Waals surface area contributed by atoms with Gasteiger partial charge in [0.15, 0.2) is 5.58 Å². The number of fused-ring (bicyclic) bond motifs is 1. The van der Waals surface area contributed by atoms with Gasteiger partial charge in [-0.1, -0.05) is 17.3 Å². The van der Waals surface area contributed by atoms with Crippen LogP contribution in [0, 0.1) is 0 Å². The van der Waals surface area contributed by atoms with Crippen LogP contribution in [0.25, 0.3) is 11.1 Å². The Morgan fingerprint density at radius 1 is 1.19 bits per heavy atom. The Morgan fingerprint density at radius 2 is 2.12 bits per heavy atom. The van der Waals surface area contributed by atoms with Crippen molar-refractivity contribution in [1.82, 2.24) is 10.1 Å². The van der Waals surface area contributed by atoms with Gasteiger partial charge in [-0.2, -0.15) is 4.98 Å². The van der Waals surface area contributed by atoms with Gasteiger partial charge in [-0.15, -0.1) is 0 Å². The Morgan fingerprint density at radius 3 is 2.94 bits per heavy atom. The van der Waals surface area contributed by atoms with Gasteiger partial charge in [-0.25, -0.2) is 0 Å². The van der Waals surface area contributed by atoms with E-state index in [4.69, 9.17) is 8.94 Å². The Hall–Kier alpha value is -2.30. The van der Waals surface area contributed by atoms with E-state index < -0.39 is 0 Å². The molecular formula is C11H9N3O2. The third-order valence-corrected chi connectivity index (χ3v) is 2.21. The highest BCUT2D eigenvalue weighted by molar-refractivity contribution is 5.74. The Balaban J connectivity index is 1.79. The number of benzene rings is 1. The van der Waals surface area contributed by atoms with Crippen molar-refractivity contribution >= 4 is 17.1 Å². The fourth-order valence-electron chi connectivity index (χ4n) is 1.44. The van der Waals surface area contributed by atoms with Gasteiger partial charge in [-0.3, -0.25) is 0 Å². The van der Waals surface area contributed by atoms with Crippen LogP contribution in [0.2, 0.25) is 0 Å². The number of anilines is 1. The highest BCUT2D eigenvalue weighted by atomic mass is 16.5. The molecule has 0 saturated carbocycles. The van der Waals surface area contributed by atoms with E-state index >= 15 is 0 Å². The van der Waals surface area contributed by atoms with Crippen LogP contribution in [0.1, 0.15) is 5.69 Å². The molecule has 0 bridgehead atoms. The normalized spacial score (nSPS) is 10.8. The molecule has 0 fully saturated rings. The Kier molecular flexibility index (Phi) is 2.07. The molecule has 0 amide bonds. The summed E-state index contributed by atoms with van der Waals surface area (Å²) in [7, 11) is 0. The topological polar surface area (TPSA) is 64.1 Å². The largest absolute Gasteiger partial charge is 0.424 e. The zero-order chi connectivity index (χ0) is 10.8. The average Bonchev–Trinajstić information content (AvgIpc) is 2.95.